The first-order valence-electron chi connectivity index (χ1n) is 5.10. The summed E-state index contributed by atoms with van der Waals surface area (Å²) in [4.78, 5) is 7.07. The number of hydrogen-bond acceptors (Lipinski definition) is 3. The minimum absolute atomic E-state index is 1.04. The normalized spacial score (nSPS) is 10.6. The molecule has 0 unspecified atom stereocenters. The molecule has 0 fully saturated rings. The fourth-order valence-electron chi connectivity index (χ4n) is 1.27. The van der Waals surface area contributed by atoms with Gasteiger partial charge in [-0.3, -0.25) is 0 Å². The molecule has 3 nitrogen and oxygen atoms in total. The second-order valence-corrected chi connectivity index (χ2v) is 4.26. The molecule has 0 atom stereocenters. The summed E-state index contributed by atoms with van der Waals surface area (Å²) in [5, 5.41) is 3.43. The fourth-order valence-corrected chi connectivity index (χ4v) is 1.76. The van der Waals surface area contributed by atoms with E-state index in [9.17, 15) is 0 Å². The Balaban J connectivity index is 1.85. The Labute approximate surface area is 90.1 Å². The molecule has 0 saturated heterocycles. The lowest BCUT2D eigenvalue weighted by atomic mass is 10.3. The maximum absolute atomic E-state index is 3.98. The molecule has 0 saturated carbocycles. The van der Waals surface area contributed by atoms with Crippen molar-refractivity contribution in [3.63, 3.8) is 0 Å². The van der Waals surface area contributed by atoms with E-state index in [0.29, 0.717) is 0 Å². The number of thioether (sulfide) groups is 1. The third-order valence-corrected chi connectivity index (χ3v) is 2.77. The van der Waals surface area contributed by atoms with E-state index in [1.54, 1.807) is 6.33 Å². The van der Waals surface area contributed by atoms with E-state index in [0.717, 1.165) is 19.5 Å². The molecular weight excluding hydrogens is 194 g/mol. The molecule has 1 rings (SSSR count). The number of rotatable bonds is 8. The quantitative estimate of drug-likeness (QED) is 0.646. The predicted molar refractivity (Wildman–Crippen MR) is 62.8 cm³/mol. The number of hydrogen-bond donors (Lipinski definition) is 2. The van der Waals surface area contributed by atoms with Gasteiger partial charge in [-0.2, -0.15) is 11.8 Å². The van der Waals surface area contributed by atoms with Crippen molar-refractivity contribution < 1.29 is 0 Å². The van der Waals surface area contributed by atoms with E-state index in [2.05, 4.69) is 21.5 Å². The first-order valence-corrected chi connectivity index (χ1v) is 6.50. The number of unbranched alkanes of at least 4 members (excludes halogenated alkanes) is 1. The Morgan fingerprint density at radius 2 is 2.36 bits per heavy atom. The fraction of sp³-hybridized carbons (Fsp3) is 0.700. The molecule has 14 heavy (non-hydrogen) atoms. The standard InChI is InChI=1S/C10H19N3S/c1-14-7-3-2-5-11-6-4-10-8-12-9-13-10/h8-9,11H,2-7H2,1H3,(H,12,13). The summed E-state index contributed by atoms with van der Waals surface area (Å²) in [6.07, 6.45) is 9.42. The molecule has 0 aliphatic heterocycles. The van der Waals surface area contributed by atoms with Gasteiger partial charge in [0.15, 0.2) is 0 Å². The van der Waals surface area contributed by atoms with E-state index >= 15 is 0 Å². The predicted octanol–water partition coefficient (Wildman–Crippen LogP) is 1.68. The Morgan fingerprint density at radius 3 is 3.07 bits per heavy atom. The molecule has 4 heteroatoms. The Bertz CT molecular complexity index is 211. The van der Waals surface area contributed by atoms with E-state index in [-0.39, 0.29) is 0 Å². The largest absolute Gasteiger partial charge is 0.348 e. The molecular formula is C10H19N3S. The van der Waals surface area contributed by atoms with E-state index in [4.69, 9.17) is 0 Å². The number of aromatic nitrogens is 2. The number of H-pyrrole nitrogens is 1. The van der Waals surface area contributed by atoms with Crippen molar-refractivity contribution >= 4 is 11.8 Å². The van der Waals surface area contributed by atoms with Crippen LogP contribution in [0.5, 0.6) is 0 Å². The first-order chi connectivity index (χ1) is 6.93. The van der Waals surface area contributed by atoms with Crippen molar-refractivity contribution in [2.45, 2.75) is 19.3 Å². The molecule has 0 spiro atoms. The highest BCUT2D eigenvalue weighted by molar-refractivity contribution is 7.98. The maximum atomic E-state index is 3.98. The van der Waals surface area contributed by atoms with Crippen molar-refractivity contribution in [2.24, 2.45) is 0 Å². The first kappa shape index (κ1) is 11.6. The Kier molecular flexibility index (Phi) is 6.53. The van der Waals surface area contributed by atoms with Gasteiger partial charge in [0.05, 0.1) is 6.33 Å². The van der Waals surface area contributed by atoms with Crippen LogP contribution >= 0.6 is 11.8 Å². The van der Waals surface area contributed by atoms with Crippen LogP contribution in [0.4, 0.5) is 0 Å². The Morgan fingerprint density at radius 1 is 1.43 bits per heavy atom. The van der Waals surface area contributed by atoms with Gasteiger partial charge >= 0.3 is 0 Å². The van der Waals surface area contributed by atoms with Crippen LogP contribution in [-0.4, -0.2) is 35.1 Å². The van der Waals surface area contributed by atoms with Crippen LogP contribution < -0.4 is 5.32 Å². The van der Waals surface area contributed by atoms with Gasteiger partial charge in [0.2, 0.25) is 0 Å². The Hall–Kier alpha value is -0.480. The van der Waals surface area contributed by atoms with Gasteiger partial charge in [-0.25, -0.2) is 4.98 Å². The molecule has 1 heterocycles. The summed E-state index contributed by atoms with van der Waals surface area (Å²) in [5.74, 6) is 1.28. The highest BCUT2D eigenvalue weighted by Crippen LogP contribution is 1.97. The molecule has 0 radical (unpaired) electrons. The summed E-state index contributed by atoms with van der Waals surface area (Å²) in [5.41, 5.74) is 1.21. The van der Waals surface area contributed by atoms with Gasteiger partial charge in [0, 0.05) is 24.9 Å². The molecule has 0 bridgehead atoms. The van der Waals surface area contributed by atoms with Crippen LogP contribution in [0.1, 0.15) is 18.5 Å². The molecule has 0 aliphatic rings. The molecule has 0 aromatic carbocycles. The number of imidazole rings is 1. The average molecular weight is 213 g/mol. The van der Waals surface area contributed by atoms with Gasteiger partial charge in [-0.1, -0.05) is 0 Å². The molecule has 0 aliphatic carbocycles. The summed E-state index contributed by atoms with van der Waals surface area (Å²) in [7, 11) is 0. The van der Waals surface area contributed by atoms with Crippen molar-refractivity contribution in [2.75, 3.05) is 25.1 Å². The molecule has 1 aromatic heterocycles. The van der Waals surface area contributed by atoms with Crippen LogP contribution in [-0.2, 0) is 6.42 Å². The van der Waals surface area contributed by atoms with Gasteiger partial charge in [0.25, 0.3) is 0 Å². The third-order valence-electron chi connectivity index (χ3n) is 2.08. The zero-order valence-corrected chi connectivity index (χ0v) is 9.57. The highest BCUT2D eigenvalue weighted by atomic mass is 32.2. The van der Waals surface area contributed by atoms with Gasteiger partial charge in [0.1, 0.15) is 0 Å². The SMILES string of the molecule is CSCCCCNCCc1cnc[nH]1. The summed E-state index contributed by atoms with van der Waals surface area (Å²) in [6, 6.07) is 0. The minimum atomic E-state index is 1.04. The monoisotopic (exact) mass is 213 g/mol. The molecule has 80 valence electrons. The van der Waals surface area contributed by atoms with Crippen LogP contribution in [0.15, 0.2) is 12.5 Å². The van der Waals surface area contributed by atoms with Gasteiger partial charge in [-0.15, -0.1) is 0 Å². The van der Waals surface area contributed by atoms with Crippen molar-refractivity contribution in [3.8, 4) is 0 Å². The van der Waals surface area contributed by atoms with E-state index in [1.807, 2.05) is 18.0 Å². The molecule has 1 aromatic rings. The van der Waals surface area contributed by atoms with E-state index in [1.165, 1.54) is 24.3 Å². The van der Waals surface area contributed by atoms with Crippen molar-refractivity contribution in [1.82, 2.24) is 15.3 Å². The van der Waals surface area contributed by atoms with Crippen LogP contribution in [0.25, 0.3) is 0 Å². The van der Waals surface area contributed by atoms with Gasteiger partial charge in [-0.05, 0) is 31.4 Å². The second-order valence-electron chi connectivity index (χ2n) is 3.28. The van der Waals surface area contributed by atoms with E-state index < -0.39 is 0 Å². The second kappa shape index (κ2) is 7.88. The number of aromatic amines is 1. The maximum Gasteiger partial charge on any atom is 0.0921 e. The van der Waals surface area contributed by atoms with Gasteiger partial charge < -0.3 is 10.3 Å². The number of nitrogens with zero attached hydrogens (tertiary/aromatic N) is 1. The molecule has 0 amide bonds. The van der Waals surface area contributed by atoms with Crippen molar-refractivity contribution in [1.29, 1.82) is 0 Å². The lowest BCUT2D eigenvalue weighted by Crippen LogP contribution is -2.18. The van der Waals surface area contributed by atoms with Crippen LogP contribution in [0, 0.1) is 0 Å². The smallest absolute Gasteiger partial charge is 0.0921 e. The highest BCUT2D eigenvalue weighted by Gasteiger charge is 1.93. The zero-order chi connectivity index (χ0) is 10.1. The summed E-state index contributed by atoms with van der Waals surface area (Å²) >= 11 is 1.92. The lowest BCUT2D eigenvalue weighted by Gasteiger charge is -2.02. The lowest BCUT2D eigenvalue weighted by molar-refractivity contribution is 0.639. The summed E-state index contributed by atoms with van der Waals surface area (Å²) in [6.45, 7) is 2.18. The van der Waals surface area contributed by atoms with Crippen LogP contribution in [0.2, 0.25) is 0 Å². The number of nitrogens with one attached hydrogen (secondary N) is 2. The topological polar surface area (TPSA) is 40.7 Å². The molecule has 2 N–H and O–H groups in total. The van der Waals surface area contributed by atoms with Crippen molar-refractivity contribution in [3.05, 3.63) is 18.2 Å². The average Bonchev–Trinajstić information content (AvgIpc) is 2.69. The van der Waals surface area contributed by atoms with Crippen LogP contribution in [0.3, 0.4) is 0 Å². The third kappa shape index (κ3) is 5.29. The summed E-state index contributed by atoms with van der Waals surface area (Å²) < 4.78 is 0. The minimum Gasteiger partial charge on any atom is -0.348 e. The zero-order valence-electron chi connectivity index (χ0n) is 8.75.